The number of hydrogen-bond donors (Lipinski definition) is 0. The lowest BCUT2D eigenvalue weighted by atomic mass is 9.99. The molecule has 2 aromatic rings. The van der Waals surface area contributed by atoms with Crippen LogP contribution in [0.25, 0.3) is 0 Å². The molecule has 20 heavy (non-hydrogen) atoms. The maximum Gasteiger partial charge on any atom is 0.141 e. The predicted octanol–water partition coefficient (Wildman–Crippen LogP) is 4.45. The highest BCUT2D eigenvalue weighted by Crippen LogP contribution is 2.20. The Hall–Kier alpha value is -1.67. The van der Waals surface area contributed by atoms with Crippen LogP contribution in [0.4, 0.5) is 4.39 Å². The summed E-state index contributed by atoms with van der Waals surface area (Å²) in [4.78, 5) is 12.1. The summed E-state index contributed by atoms with van der Waals surface area (Å²) in [6, 6.07) is 10.5. The molecule has 0 aliphatic carbocycles. The van der Waals surface area contributed by atoms with Crippen molar-refractivity contribution < 1.29 is 9.18 Å². The van der Waals surface area contributed by atoms with Gasteiger partial charge in [0.25, 0.3) is 0 Å². The number of carbonyl (C=O) groups excluding carboxylic acids is 1. The lowest BCUT2D eigenvalue weighted by molar-refractivity contribution is -0.117. The van der Waals surface area contributed by atoms with Crippen molar-refractivity contribution in [2.75, 3.05) is 0 Å². The van der Waals surface area contributed by atoms with Crippen LogP contribution in [0, 0.1) is 19.7 Å². The number of carbonyl (C=O) groups is 1. The van der Waals surface area contributed by atoms with Crippen molar-refractivity contribution in [3.63, 3.8) is 0 Å². The molecule has 0 heterocycles. The second-order valence-electron chi connectivity index (χ2n) is 5.09. The van der Waals surface area contributed by atoms with Crippen molar-refractivity contribution in [1.29, 1.82) is 0 Å². The Morgan fingerprint density at radius 3 is 2.35 bits per heavy atom. The van der Waals surface area contributed by atoms with Crippen molar-refractivity contribution in [3.8, 4) is 0 Å². The summed E-state index contributed by atoms with van der Waals surface area (Å²) in [5.41, 5.74) is 3.48. The zero-order chi connectivity index (χ0) is 14.7. The summed E-state index contributed by atoms with van der Waals surface area (Å²) < 4.78 is 13.6. The van der Waals surface area contributed by atoms with Gasteiger partial charge in [-0.05, 0) is 31.5 Å². The van der Waals surface area contributed by atoms with Crippen LogP contribution < -0.4 is 0 Å². The minimum absolute atomic E-state index is 0.0263. The van der Waals surface area contributed by atoms with E-state index in [-0.39, 0.29) is 17.8 Å². The average Bonchev–Trinajstić information content (AvgIpc) is 2.32. The van der Waals surface area contributed by atoms with Crippen molar-refractivity contribution in [3.05, 3.63) is 69.5 Å². The van der Waals surface area contributed by atoms with Crippen molar-refractivity contribution in [1.82, 2.24) is 0 Å². The molecule has 1 nitrogen and oxygen atoms in total. The Bertz CT molecular complexity index is 609. The van der Waals surface area contributed by atoms with E-state index in [0.717, 1.165) is 16.7 Å². The molecule has 0 saturated heterocycles. The summed E-state index contributed by atoms with van der Waals surface area (Å²) in [5, 5.41) is 0.304. The quantitative estimate of drug-likeness (QED) is 0.813. The largest absolute Gasteiger partial charge is 0.299 e. The van der Waals surface area contributed by atoms with E-state index in [4.69, 9.17) is 11.6 Å². The van der Waals surface area contributed by atoms with Crippen LogP contribution in [0.5, 0.6) is 0 Å². The molecule has 2 aromatic carbocycles. The van der Waals surface area contributed by atoms with Gasteiger partial charge in [-0.15, -0.1) is 0 Å². The van der Waals surface area contributed by atoms with Gasteiger partial charge in [-0.25, -0.2) is 4.39 Å². The maximum absolute atomic E-state index is 13.6. The molecule has 2 rings (SSSR count). The summed E-state index contributed by atoms with van der Waals surface area (Å²) in [7, 11) is 0. The van der Waals surface area contributed by atoms with Gasteiger partial charge in [0.05, 0.1) is 0 Å². The Morgan fingerprint density at radius 1 is 1.10 bits per heavy atom. The number of halogens is 2. The molecular formula is C17H16ClFO. The number of benzene rings is 2. The zero-order valence-electron chi connectivity index (χ0n) is 11.5. The van der Waals surface area contributed by atoms with Gasteiger partial charge in [0.15, 0.2) is 0 Å². The molecule has 0 saturated carbocycles. The van der Waals surface area contributed by atoms with Crippen LogP contribution in [-0.4, -0.2) is 5.78 Å². The van der Waals surface area contributed by atoms with Gasteiger partial charge in [0.2, 0.25) is 0 Å². The summed E-state index contributed by atoms with van der Waals surface area (Å²) >= 11 is 5.93. The minimum Gasteiger partial charge on any atom is -0.299 e. The fourth-order valence-corrected chi connectivity index (χ4v) is 2.59. The first-order valence-corrected chi connectivity index (χ1v) is 6.85. The molecule has 0 aromatic heterocycles. The van der Waals surface area contributed by atoms with E-state index in [1.165, 1.54) is 12.1 Å². The predicted molar refractivity (Wildman–Crippen MR) is 79.7 cm³/mol. The fraction of sp³-hybridized carbons (Fsp3) is 0.235. The minimum atomic E-state index is -0.425. The van der Waals surface area contributed by atoms with Crippen molar-refractivity contribution in [2.45, 2.75) is 26.7 Å². The Kier molecular flexibility index (Phi) is 4.56. The van der Waals surface area contributed by atoms with E-state index in [1.54, 1.807) is 6.07 Å². The third-order valence-corrected chi connectivity index (χ3v) is 3.47. The van der Waals surface area contributed by atoms with Gasteiger partial charge in [-0.1, -0.05) is 47.0 Å². The van der Waals surface area contributed by atoms with Gasteiger partial charge < -0.3 is 0 Å². The van der Waals surface area contributed by atoms with Gasteiger partial charge in [0.1, 0.15) is 11.6 Å². The number of ketones is 1. The molecule has 0 unspecified atom stereocenters. The fourth-order valence-electron chi connectivity index (χ4n) is 2.36. The Morgan fingerprint density at radius 2 is 1.75 bits per heavy atom. The molecule has 0 aliphatic heterocycles. The number of aryl methyl sites for hydroxylation is 2. The van der Waals surface area contributed by atoms with E-state index >= 15 is 0 Å². The molecular weight excluding hydrogens is 275 g/mol. The van der Waals surface area contributed by atoms with Crippen molar-refractivity contribution in [2.24, 2.45) is 0 Å². The Balaban J connectivity index is 2.13. The standard InChI is InChI=1S/C17H16ClFO/c1-11-6-12(2)8-13(7-11)9-14(20)10-15-16(18)4-3-5-17(15)19/h3-8H,9-10H2,1-2H3. The second-order valence-corrected chi connectivity index (χ2v) is 5.50. The molecule has 3 heteroatoms. The summed E-state index contributed by atoms with van der Waals surface area (Å²) in [6.45, 7) is 3.99. The van der Waals surface area contributed by atoms with Crippen LogP contribution in [0.2, 0.25) is 5.02 Å². The monoisotopic (exact) mass is 290 g/mol. The first-order chi connectivity index (χ1) is 9.45. The second kappa shape index (κ2) is 6.19. The van der Waals surface area contributed by atoms with E-state index in [9.17, 15) is 9.18 Å². The first-order valence-electron chi connectivity index (χ1n) is 6.47. The van der Waals surface area contributed by atoms with Crippen LogP contribution in [0.3, 0.4) is 0 Å². The normalized spacial score (nSPS) is 10.6. The number of rotatable bonds is 4. The highest BCUT2D eigenvalue weighted by molar-refractivity contribution is 6.31. The van der Waals surface area contributed by atoms with Crippen LogP contribution in [0.1, 0.15) is 22.3 Å². The molecule has 104 valence electrons. The van der Waals surface area contributed by atoms with Crippen LogP contribution in [-0.2, 0) is 17.6 Å². The molecule has 0 bridgehead atoms. The van der Waals surface area contributed by atoms with Crippen LogP contribution in [0.15, 0.2) is 36.4 Å². The average molecular weight is 291 g/mol. The molecule has 0 amide bonds. The van der Waals surface area contributed by atoms with Gasteiger partial charge in [-0.3, -0.25) is 4.79 Å². The lowest BCUT2D eigenvalue weighted by Crippen LogP contribution is -2.08. The van der Waals surface area contributed by atoms with E-state index in [1.807, 2.05) is 26.0 Å². The van der Waals surface area contributed by atoms with Gasteiger partial charge in [0, 0.05) is 23.4 Å². The van der Waals surface area contributed by atoms with E-state index in [0.29, 0.717) is 11.4 Å². The van der Waals surface area contributed by atoms with Crippen molar-refractivity contribution >= 4 is 17.4 Å². The molecule has 0 radical (unpaired) electrons. The topological polar surface area (TPSA) is 17.1 Å². The molecule has 0 aliphatic rings. The zero-order valence-corrected chi connectivity index (χ0v) is 12.3. The molecule has 0 N–H and O–H groups in total. The Labute approximate surface area is 123 Å². The van der Waals surface area contributed by atoms with E-state index < -0.39 is 5.82 Å². The molecule has 0 atom stereocenters. The van der Waals surface area contributed by atoms with Gasteiger partial charge >= 0.3 is 0 Å². The summed E-state index contributed by atoms with van der Waals surface area (Å²) in [6.07, 6.45) is 0.325. The highest BCUT2D eigenvalue weighted by Gasteiger charge is 2.12. The lowest BCUT2D eigenvalue weighted by Gasteiger charge is -2.07. The molecule has 0 spiro atoms. The third kappa shape index (κ3) is 3.67. The van der Waals surface area contributed by atoms with Crippen LogP contribution >= 0.6 is 11.6 Å². The maximum atomic E-state index is 13.6. The van der Waals surface area contributed by atoms with Gasteiger partial charge in [-0.2, -0.15) is 0 Å². The third-order valence-electron chi connectivity index (χ3n) is 3.12. The number of hydrogen-bond acceptors (Lipinski definition) is 1. The van der Waals surface area contributed by atoms with E-state index in [2.05, 4.69) is 6.07 Å². The number of Topliss-reactive ketones (excluding diaryl/α,β-unsaturated/α-hetero) is 1. The SMILES string of the molecule is Cc1cc(C)cc(CC(=O)Cc2c(F)cccc2Cl)c1. The molecule has 0 fully saturated rings. The summed E-state index contributed by atoms with van der Waals surface area (Å²) in [5.74, 6) is -0.465. The first kappa shape index (κ1) is 14.7. The highest BCUT2D eigenvalue weighted by atomic mass is 35.5. The smallest absolute Gasteiger partial charge is 0.141 e.